The van der Waals surface area contributed by atoms with Crippen LogP contribution in [0.4, 0.5) is 0 Å². The normalized spacial score (nSPS) is 12.0. The van der Waals surface area contributed by atoms with Gasteiger partial charge in [-0.05, 0) is 24.3 Å². The first-order valence-electron chi connectivity index (χ1n) is 13.6. The summed E-state index contributed by atoms with van der Waals surface area (Å²) in [6.07, 6.45) is 3.96. The number of para-hydroxylation sites is 3. The fraction of sp³-hybridized carbons (Fsp3) is 0. The SMILES string of the molecule is c1ccc(-n2c3ccccc3c3ccc4c(ccc5c6ccccc6n(-c6cncc7ccccc67)c54)c32)cc1. The summed E-state index contributed by atoms with van der Waals surface area (Å²) < 4.78 is 4.84. The molecular weight excluding hydrogens is 486 g/mol. The van der Waals surface area contributed by atoms with Crippen molar-refractivity contribution in [1.82, 2.24) is 14.1 Å². The van der Waals surface area contributed by atoms with Crippen molar-refractivity contribution in [3.05, 3.63) is 140 Å². The van der Waals surface area contributed by atoms with Crippen molar-refractivity contribution < 1.29 is 0 Å². The van der Waals surface area contributed by atoms with E-state index in [1.54, 1.807) is 0 Å². The van der Waals surface area contributed by atoms with E-state index in [0.717, 1.165) is 11.1 Å². The molecule has 0 fully saturated rings. The molecule has 9 aromatic rings. The van der Waals surface area contributed by atoms with Crippen LogP contribution in [0.15, 0.2) is 140 Å². The highest BCUT2D eigenvalue weighted by Gasteiger charge is 2.20. The minimum atomic E-state index is 1.10. The standard InChI is InChI=1S/C37H23N3/c1-2-11-25(12-3-1)39-33-16-8-6-14-27(33)29-18-21-32-31(36(29)39)20-19-30-28-15-7-9-17-34(28)40(37(30)32)35-23-38-22-24-10-4-5-13-26(24)35/h1-23H. The maximum Gasteiger partial charge on any atom is 0.0724 e. The molecular formula is C37H23N3. The van der Waals surface area contributed by atoms with Crippen LogP contribution in [0.1, 0.15) is 0 Å². The molecule has 0 bridgehead atoms. The van der Waals surface area contributed by atoms with Gasteiger partial charge in [0.25, 0.3) is 0 Å². The zero-order chi connectivity index (χ0) is 26.2. The van der Waals surface area contributed by atoms with Gasteiger partial charge in [-0.2, -0.15) is 0 Å². The van der Waals surface area contributed by atoms with Gasteiger partial charge in [0.05, 0.1) is 34.0 Å². The Balaban J connectivity index is 1.52. The van der Waals surface area contributed by atoms with Gasteiger partial charge in [-0.25, -0.2) is 0 Å². The van der Waals surface area contributed by atoms with Crippen molar-refractivity contribution in [2.75, 3.05) is 0 Å². The summed E-state index contributed by atoms with van der Waals surface area (Å²) in [5, 5.41) is 9.82. The molecule has 0 atom stereocenters. The second-order valence-electron chi connectivity index (χ2n) is 10.4. The quantitative estimate of drug-likeness (QED) is 0.227. The molecule has 3 aromatic heterocycles. The van der Waals surface area contributed by atoms with E-state index in [1.807, 2.05) is 12.4 Å². The molecule has 0 N–H and O–H groups in total. The Labute approximate surface area is 230 Å². The van der Waals surface area contributed by atoms with E-state index in [-0.39, 0.29) is 0 Å². The van der Waals surface area contributed by atoms with Gasteiger partial charge in [0.15, 0.2) is 0 Å². The minimum absolute atomic E-state index is 1.10. The molecule has 3 nitrogen and oxygen atoms in total. The second-order valence-corrected chi connectivity index (χ2v) is 10.4. The fourth-order valence-corrected chi connectivity index (χ4v) is 6.70. The van der Waals surface area contributed by atoms with Gasteiger partial charge in [-0.3, -0.25) is 4.98 Å². The first-order valence-corrected chi connectivity index (χ1v) is 13.6. The van der Waals surface area contributed by atoms with Gasteiger partial charge in [-0.15, -0.1) is 0 Å². The molecule has 0 aliphatic carbocycles. The number of pyridine rings is 1. The van der Waals surface area contributed by atoms with Crippen LogP contribution in [0.3, 0.4) is 0 Å². The van der Waals surface area contributed by atoms with E-state index in [9.17, 15) is 0 Å². The average Bonchev–Trinajstić information content (AvgIpc) is 3.55. The molecule has 0 unspecified atom stereocenters. The Morgan fingerprint density at radius 3 is 1.55 bits per heavy atom. The molecule has 186 valence electrons. The molecule has 6 aromatic carbocycles. The number of rotatable bonds is 2. The summed E-state index contributed by atoms with van der Waals surface area (Å²) in [7, 11) is 0. The Morgan fingerprint density at radius 1 is 0.375 bits per heavy atom. The number of fused-ring (bicyclic) bond motifs is 10. The number of aromatic nitrogens is 3. The van der Waals surface area contributed by atoms with Gasteiger partial charge in [0.1, 0.15) is 0 Å². The van der Waals surface area contributed by atoms with Crippen molar-refractivity contribution in [3.63, 3.8) is 0 Å². The number of nitrogens with zero attached hydrogens (tertiary/aromatic N) is 3. The first-order chi connectivity index (χ1) is 19.9. The Hall–Kier alpha value is -5.41. The van der Waals surface area contributed by atoms with Crippen molar-refractivity contribution in [1.29, 1.82) is 0 Å². The molecule has 0 saturated carbocycles. The van der Waals surface area contributed by atoms with Crippen LogP contribution < -0.4 is 0 Å². The van der Waals surface area contributed by atoms with Crippen molar-refractivity contribution in [3.8, 4) is 11.4 Å². The Bertz CT molecular complexity index is 2420. The maximum absolute atomic E-state index is 4.67. The first kappa shape index (κ1) is 21.5. The molecule has 0 saturated heterocycles. The van der Waals surface area contributed by atoms with Crippen molar-refractivity contribution >= 4 is 65.2 Å². The molecule has 3 heterocycles. The molecule has 0 aliphatic heterocycles. The minimum Gasteiger partial charge on any atom is -0.309 e. The summed E-state index contributed by atoms with van der Waals surface area (Å²) in [5.41, 5.74) is 7.12. The predicted octanol–water partition coefficient (Wildman–Crippen LogP) is 9.58. The van der Waals surface area contributed by atoms with Gasteiger partial charge in [-0.1, -0.05) is 103 Å². The zero-order valence-corrected chi connectivity index (χ0v) is 21.6. The number of benzene rings is 6. The maximum atomic E-state index is 4.67. The molecule has 40 heavy (non-hydrogen) atoms. The van der Waals surface area contributed by atoms with Crippen molar-refractivity contribution in [2.45, 2.75) is 0 Å². The molecule has 0 amide bonds. The number of hydrogen-bond donors (Lipinski definition) is 0. The van der Waals surface area contributed by atoms with Crippen LogP contribution in [0.25, 0.3) is 76.5 Å². The van der Waals surface area contributed by atoms with Gasteiger partial charge in [0, 0.05) is 55.0 Å². The van der Waals surface area contributed by atoms with Crippen LogP contribution in [0.5, 0.6) is 0 Å². The fourth-order valence-electron chi connectivity index (χ4n) is 6.70. The highest BCUT2D eigenvalue weighted by Crippen LogP contribution is 2.42. The van der Waals surface area contributed by atoms with E-state index >= 15 is 0 Å². The van der Waals surface area contributed by atoms with Crippen LogP contribution in [-0.2, 0) is 0 Å². The lowest BCUT2D eigenvalue weighted by Gasteiger charge is -2.14. The third-order valence-corrected chi connectivity index (χ3v) is 8.36. The lowest BCUT2D eigenvalue weighted by molar-refractivity contribution is 1.17. The smallest absolute Gasteiger partial charge is 0.0724 e. The van der Waals surface area contributed by atoms with E-state index < -0.39 is 0 Å². The summed E-state index contributed by atoms with van der Waals surface area (Å²) in [6.45, 7) is 0. The van der Waals surface area contributed by atoms with Gasteiger partial charge >= 0.3 is 0 Å². The number of hydrogen-bond acceptors (Lipinski definition) is 1. The van der Waals surface area contributed by atoms with Crippen LogP contribution in [0.2, 0.25) is 0 Å². The Morgan fingerprint density at radius 2 is 0.875 bits per heavy atom. The highest BCUT2D eigenvalue weighted by atomic mass is 15.0. The molecule has 0 aliphatic rings. The van der Waals surface area contributed by atoms with E-state index in [0.29, 0.717) is 0 Å². The summed E-state index contributed by atoms with van der Waals surface area (Å²) in [6, 6.07) is 45.9. The van der Waals surface area contributed by atoms with Crippen LogP contribution in [-0.4, -0.2) is 14.1 Å². The van der Waals surface area contributed by atoms with E-state index in [2.05, 4.69) is 142 Å². The summed E-state index contributed by atoms with van der Waals surface area (Å²) in [4.78, 5) is 4.67. The second kappa shape index (κ2) is 8.05. The third kappa shape index (κ3) is 2.81. The monoisotopic (exact) mass is 509 g/mol. The van der Waals surface area contributed by atoms with Crippen LogP contribution >= 0.6 is 0 Å². The van der Waals surface area contributed by atoms with Crippen molar-refractivity contribution in [2.24, 2.45) is 0 Å². The van der Waals surface area contributed by atoms with E-state index in [4.69, 9.17) is 0 Å². The molecule has 3 heteroatoms. The third-order valence-electron chi connectivity index (χ3n) is 8.36. The molecule has 0 radical (unpaired) electrons. The lowest BCUT2D eigenvalue weighted by atomic mass is 10.0. The topological polar surface area (TPSA) is 22.8 Å². The molecule has 9 rings (SSSR count). The zero-order valence-electron chi connectivity index (χ0n) is 21.6. The lowest BCUT2D eigenvalue weighted by Crippen LogP contribution is -1.98. The average molecular weight is 510 g/mol. The summed E-state index contributed by atoms with van der Waals surface area (Å²) in [5.74, 6) is 0. The molecule has 0 spiro atoms. The Kier molecular flexibility index (Phi) is 4.33. The van der Waals surface area contributed by atoms with Gasteiger partial charge < -0.3 is 9.13 Å². The van der Waals surface area contributed by atoms with Gasteiger partial charge in [0.2, 0.25) is 0 Å². The summed E-state index contributed by atoms with van der Waals surface area (Å²) >= 11 is 0. The highest BCUT2D eigenvalue weighted by molar-refractivity contribution is 6.26. The predicted molar refractivity (Wildman–Crippen MR) is 168 cm³/mol. The largest absolute Gasteiger partial charge is 0.309 e. The van der Waals surface area contributed by atoms with Crippen LogP contribution in [0, 0.1) is 0 Å². The van der Waals surface area contributed by atoms with E-state index in [1.165, 1.54) is 65.5 Å².